The first-order valence-corrected chi connectivity index (χ1v) is 8.81. The molecule has 1 fully saturated rings. The van der Waals surface area contributed by atoms with E-state index in [1.54, 1.807) is 23.7 Å². The molecule has 1 saturated heterocycles. The van der Waals surface area contributed by atoms with Crippen molar-refractivity contribution in [1.82, 2.24) is 9.78 Å². The van der Waals surface area contributed by atoms with E-state index in [-0.39, 0.29) is 17.6 Å². The van der Waals surface area contributed by atoms with Gasteiger partial charge in [0, 0.05) is 17.7 Å². The predicted molar refractivity (Wildman–Crippen MR) is 89.5 cm³/mol. The average molecular weight is 358 g/mol. The molecule has 136 valence electrons. The van der Waals surface area contributed by atoms with Crippen LogP contribution in [0.5, 0.6) is 0 Å². The molecule has 1 aliphatic heterocycles. The van der Waals surface area contributed by atoms with Crippen LogP contribution in [0, 0.1) is 5.82 Å². The van der Waals surface area contributed by atoms with Gasteiger partial charge in [0.15, 0.2) is 5.69 Å². The van der Waals surface area contributed by atoms with Gasteiger partial charge in [-0.25, -0.2) is 18.7 Å². The molecule has 0 N–H and O–H groups in total. The predicted octanol–water partition coefficient (Wildman–Crippen LogP) is 2.75. The molecule has 1 aliphatic carbocycles. The van der Waals surface area contributed by atoms with Gasteiger partial charge in [0.2, 0.25) is 6.10 Å². The van der Waals surface area contributed by atoms with Crippen LogP contribution in [0.2, 0.25) is 0 Å². The first-order chi connectivity index (χ1) is 12.5. The van der Waals surface area contributed by atoms with Gasteiger partial charge in [0.1, 0.15) is 11.9 Å². The topological polar surface area (TPSA) is 70.4 Å². The van der Waals surface area contributed by atoms with Gasteiger partial charge in [-0.05, 0) is 56.9 Å². The van der Waals surface area contributed by atoms with Crippen molar-refractivity contribution >= 4 is 11.9 Å². The lowest BCUT2D eigenvalue weighted by atomic mass is 9.95. The molecule has 6 nitrogen and oxygen atoms in total. The largest absolute Gasteiger partial charge is 0.460 e. The molecule has 0 spiro atoms. The molecule has 26 heavy (non-hydrogen) atoms. The summed E-state index contributed by atoms with van der Waals surface area (Å²) < 4.78 is 25.3. The summed E-state index contributed by atoms with van der Waals surface area (Å²) in [6, 6.07) is 5.98. The number of carbonyl (C=O) groups excluding carboxylic acids is 2. The third-order valence-electron chi connectivity index (χ3n) is 4.82. The number of hydrogen-bond acceptors (Lipinski definition) is 5. The molecule has 2 atom stereocenters. The van der Waals surface area contributed by atoms with Crippen molar-refractivity contribution in [2.75, 3.05) is 0 Å². The van der Waals surface area contributed by atoms with E-state index in [4.69, 9.17) is 9.47 Å². The molecule has 7 heteroatoms. The number of ether oxygens (including phenoxy) is 2. The minimum atomic E-state index is -0.882. The Hall–Kier alpha value is -2.70. The second-order valence-electron chi connectivity index (χ2n) is 6.75. The molecule has 1 aromatic heterocycles. The van der Waals surface area contributed by atoms with Crippen LogP contribution in [0.25, 0.3) is 5.69 Å². The fraction of sp³-hybridized carbons (Fsp3) is 0.421. The lowest BCUT2D eigenvalue weighted by Gasteiger charge is -2.14. The summed E-state index contributed by atoms with van der Waals surface area (Å²) in [6.07, 6.45) is 2.69. The zero-order chi connectivity index (χ0) is 18.3. The molecule has 0 bridgehead atoms. The van der Waals surface area contributed by atoms with Crippen molar-refractivity contribution < 1.29 is 23.5 Å². The van der Waals surface area contributed by atoms with E-state index in [1.165, 1.54) is 12.1 Å². The summed E-state index contributed by atoms with van der Waals surface area (Å²) in [4.78, 5) is 24.4. The number of nitrogens with zero attached hydrogens (tertiary/aromatic N) is 2. The van der Waals surface area contributed by atoms with Gasteiger partial charge in [-0.15, -0.1) is 0 Å². The fourth-order valence-electron chi connectivity index (χ4n) is 3.56. The van der Waals surface area contributed by atoms with Crippen LogP contribution in [0.3, 0.4) is 0 Å². The number of fused-ring (bicyclic) bond motifs is 1. The molecule has 0 radical (unpaired) electrons. The third kappa shape index (κ3) is 2.98. The standard InChI is InChI=1S/C19H19FN2O4/c1-11-10-16(18(23)25-11)26-19(24)17-14-4-2-3-5-15(14)22(21-17)13-8-6-12(20)7-9-13/h6-9,11,16H,2-5,10H2,1H3. The highest BCUT2D eigenvalue weighted by Gasteiger charge is 2.37. The number of rotatable bonds is 3. The molecular formula is C19H19FN2O4. The first kappa shape index (κ1) is 16.8. The number of esters is 2. The summed E-state index contributed by atoms with van der Waals surface area (Å²) in [5.41, 5.74) is 2.72. The Morgan fingerprint density at radius 1 is 1.27 bits per heavy atom. The van der Waals surface area contributed by atoms with Crippen molar-refractivity contribution in [3.63, 3.8) is 0 Å². The van der Waals surface area contributed by atoms with Crippen LogP contribution in [-0.4, -0.2) is 33.9 Å². The highest BCUT2D eigenvalue weighted by Crippen LogP contribution is 2.28. The average Bonchev–Trinajstić information content (AvgIpc) is 3.16. The number of aromatic nitrogens is 2. The lowest BCUT2D eigenvalue weighted by Crippen LogP contribution is -2.23. The molecule has 0 amide bonds. The van der Waals surface area contributed by atoms with Crippen LogP contribution < -0.4 is 0 Å². The van der Waals surface area contributed by atoms with Crippen LogP contribution in [0.1, 0.15) is 47.9 Å². The maximum Gasteiger partial charge on any atom is 0.360 e. The highest BCUT2D eigenvalue weighted by atomic mass is 19.1. The lowest BCUT2D eigenvalue weighted by molar-refractivity contribution is -0.147. The first-order valence-electron chi connectivity index (χ1n) is 8.81. The van der Waals surface area contributed by atoms with Crippen molar-refractivity contribution in [2.45, 2.75) is 51.2 Å². The van der Waals surface area contributed by atoms with E-state index in [9.17, 15) is 14.0 Å². The van der Waals surface area contributed by atoms with E-state index in [0.717, 1.165) is 36.9 Å². The minimum Gasteiger partial charge on any atom is -0.460 e. The normalized spacial score (nSPS) is 22.0. The van der Waals surface area contributed by atoms with E-state index in [2.05, 4.69) is 5.10 Å². The number of halogens is 1. The van der Waals surface area contributed by atoms with Crippen LogP contribution in [-0.2, 0) is 27.1 Å². The zero-order valence-electron chi connectivity index (χ0n) is 14.4. The minimum absolute atomic E-state index is 0.233. The van der Waals surface area contributed by atoms with E-state index in [0.29, 0.717) is 12.1 Å². The van der Waals surface area contributed by atoms with Gasteiger partial charge in [-0.1, -0.05) is 0 Å². The Labute approximate surface area is 149 Å². The van der Waals surface area contributed by atoms with Crippen molar-refractivity contribution in [2.24, 2.45) is 0 Å². The summed E-state index contributed by atoms with van der Waals surface area (Å²) in [5, 5.41) is 4.45. The quantitative estimate of drug-likeness (QED) is 0.789. The molecule has 0 saturated carbocycles. The molecule has 2 aromatic rings. The number of hydrogen-bond donors (Lipinski definition) is 0. The molecule has 2 unspecified atom stereocenters. The number of carbonyl (C=O) groups is 2. The summed E-state index contributed by atoms with van der Waals surface area (Å²) in [5.74, 6) is -1.46. The molecule has 4 rings (SSSR count). The van der Waals surface area contributed by atoms with Crippen LogP contribution in [0.4, 0.5) is 4.39 Å². The maximum atomic E-state index is 13.2. The number of benzene rings is 1. The van der Waals surface area contributed by atoms with Gasteiger partial charge in [-0.2, -0.15) is 5.10 Å². The maximum absolute atomic E-state index is 13.2. The van der Waals surface area contributed by atoms with Gasteiger partial charge in [-0.3, -0.25) is 0 Å². The SMILES string of the molecule is CC1CC(OC(=O)c2nn(-c3ccc(F)cc3)c3c2CCCC3)C(=O)O1. The Balaban J connectivity index is 1.67. The Bertz CT molecular complexity index is 859. The highest BCUT2D eigenvalue weighted by molar-refractivity contribution is 5.92. The van der Waals surface area contributed by atoms with Gasteiger partial charge in [0.25, 0.3) is 0 Å². The zero-order valence-corrected chi connectivity index (χ0v) is 14.4. The van der Waals surface area contributed by atoms with Crippen molar-refractivity contribution in [3.8, 4) is 5.69 Å². The second-order valence-corrected chi connectivity index (χ2v) is 6.75. The monoisotopic (exact) mass is 358 g/mol. The summed E-state index contributed by atoms with van der Waals surface area (Å²) in [6.45, 7) is 1.76. The molecule has 1 aromatic carbocycles. The Morgan fingerprint density at radius 2 is 2.00 bits per heavy atom. The van der Waals surface area contributed by atoms with Crippen LogP contribution in [0.15, 0.2) is 24.3 Å². The molecular weight excluding hydrogens is 339 g/mol. The third-order valence-corrected chi connectivity index (χ3v) is 4.82. The van der Waals surface area contributed by atoms with E-state index >= 15 is 0 Å². The smallest absolute Gasteiger partial charge is 0.360 e. The van der Waals surface area contributed by atoms with Gasteiger partial charge in [0.05, 0.1) is 5.69 Å². The molecule has 2 aliphatic rings. The van der Waals surface area contributed by atoms with E-state index in [1.807, 2.05) is 0 Å². The Kier molecular flexibility index (Phi) is 4.22. The van der Waals surface area contributed by atoms with Crippen molar-refractivity contribution in [1.29, 1.82) is 0 Å². The fourth-order valence-corrected chi connectivity index (χ4v) is 3.56. The van der Waals surface area contributed by atoms with Crippen molar-refractivity contribution in [3.05, 3.63) is 47.0 Å². The van der Waals surface area contributed by atoms with Crippen LogP contribution >= 0.6 is 0 Å². The summed E-state index contributed by atoms with van der Waals surface area (Å²) >= 11 is 0. The number of cyclic esters (lactones) is 1. The second kappa shape index (κ2) is 6.55. The molecule has 2 heterocycles. The summed E-state index contributed by atoms with van der Waals surface area (Å²) in [7, 11) is 0. The Morgan fingerprint density at radius 3 is 2.69 bits per heavy atom. The van der Waals surface area contributed by atoms with Gasteiger partial charge >= 0.3 is 11.9 Å². The van der Waals surface area contributed by atoms with E-state index < -0.39 is 18.0 Å². The van der Waals surface area contributed by atoms with Gasteiger partial charge < -0.3 is 9.47 Å².